The van der Waals surface area contributed by atoms with Gasteiger partial charge >= 0.3 is 13.9 Å². The topological polar surface area (TPSA) is 157 Å². The van der Waals surface area contributed by atoms with E-state index in [-0.39, 0.29) is 30.7 Å². The second-order valence-corrected chi connectivity index (χ2v) is 10.7. The predicted molar refractivity (Wildman–Crippen MR) is 115 cm³/mol. The molecule has 0 spiro atoms. The van der Waals surface area contributed by atoms with E-state index in [4.69, 9.17) is 30.5 Å². The van der Waals surface area contributed by atoms with Crippen molar-refractivity contribution in [3.8, 4) is 0 Å². The minimum Gasteiger partial charge on any atom is -0.395 e. The highest BCUT2D eigenvalue weighted by atomic mass is 35.5. The summed E-state index contributed by atoms with van der Waals surface area (Å²) in [5.74, 6) is 0.224. The van der Waals surface area contributed by atoms with Gasteiger partial charge in [-0.05, 0) is 20.8 Å². The lowest BCUT2D eigenvalue weighted by Crippen LogP contribution is -2.42. The van der Waals surface area contributed by atoms with Gasteiger partial charge in [0.1, 0.15) is 17.1 Å². The van der Waals surface area contributed by atoms with Gasteiger partial charge in [-0.1, -0.05) is 11.8 Å². The van der Waals surface area contributed by atoms with Crippen LogP contribution < -0.4 is 11.2 Å². The molecule has 1 aromatic heterocycles. The second-order valence-electron chi connectivity index (χ2n) is 7.73. The normalized spacial score (nSPS) is 27.4. The van der Waals surface area contributed by atoms with Gasteiger partial charge in [-0.3, -0.25) is 23.7 Å². The molecular formula is C17H26ClN2O9PS. The van der Waals surface area contributed by atoms with Gasteiger partial charge < -0.3 is 24.0 Å². The van der Waals surface area contributed by atoms with E-state index < -0.39 is 48.2 Å². The number of nitrogens with one attached hydrogen (secondary N) is 1. The van der Waals surface area contributed by atoms with Gasteiger partial charge in [-0.15, -0.1) is 11.6 Å². The van der Waals surface area contributed by atoms with Crippen molar-refractivity contribution in [3.05, 3.63) is 33.1 Å². The van der Waals surface area contributed by atoms with Gasteiger partial charge in [-0.25, -0.2) is 4.79 Å². The third-order valence-corrected chi connectivity index (χ3v) is 7.11. The number of carbonyl (C=O) groups excluding carboxylic acids is 1. The molecular weight excluding hydrogens is 475 g/mol. The number of aromatic amines is 1. The Bertz CT molecular complexity index is 919. The number of hydrogen-bond donors (Lipinski definition) is 3. The molecule has 0 aromatic carbocycles. The van der Waals surface area contributed by atoms with Crippen LogP contribution in [0.4, 0.5) is 0 Å². The first-order chi connectivity index (χ1) is 14.4. The van der Waals surface area contributed by atoms with Crippen molar-refractivity contribution in [2.24, 2.45) is 5.41 Å². The monoisotopic (exact) mass is 500 g/mol. The molecule has 2 rings (SSSR count). The first-order valence-corrected chi connectivity index (χ1v) is 11.9. The van der Waals surface area contributed by atoms with Crippen LogP contribution in [0.2, 0.25) is 0 Å². The lowest BCUT2D eigenvalue weighted by atomic mass is 9.97. The van der Waals surface area contributed by atoms with Gasteiger partial charge in [0.05, 0.1) is 25.2 Å². The highest BCUT2D eigenvalue weighted by Crippen LogP contribution is 2.43. The van der Waals surface area contributed by atoms with Crippen molar-refractivity contribution in [1.82, 2.24) is 9.55 Å². The quantitative estimate of drug-likeness (QED) is 0.234. The van der Waals surface area contributed by atoms with E-state index in [1.54, 1.807) is 13.8 Å². The average Bonchev–Trinajstić information content (AvgIpc) is 2.92. The molecule has 0 aliphatic carbocycles. The molecule has 0 amide bonds. The largest absolute Gasteiger partial charge is 0.395 e. The highest BCUT2D eigenvalue weighted by molar-refractivity contribution is 8.13. The first-order valence-electron chi connectivity index (χ1n) is 9.31. The maximum atomic E-state index is 12.0. The SMILES string of the molecule is CC(C)(CO)C(=O)SCCO[PH](=O)OC[C@H]1O[C@@H](n2ccc(=O)[nH]c2=O)[C@](C)(Cl)[C@@H]1O. The second kappa shape index (κ2) is 10.8. The third-order valence-electron chi connectivity index (χ3n) is 4.67. The number of aliphatic hydroxyl groups is 2. The zero-order chi connectivity index (χ0) is 23.4. The minimum atomic E-state index is -2.94. The van der Waals surface area contributed by atoms with Crippen LogP contribution in [0.1, 0.15) is 27.0 Å². The number of aromatic nitrogens is 2. The van der Waals surface area contributed by atoms with Crippen molar-refractivity contribution in [2.45, 2.75) is 44.1 Å². The fraction of sp³-hybridized carbons (Fsp3) is 0.706. The molecule has 3 N–H and O–H groups in total. The number of rotatable bonds is 10. The molecule has 0 saturated carbocycles. The van der Waals surface area contributed by atoms with Crippen molar-refractivity contribution in [2.75, 3.05) is 25.6 Å². The number of H-pyrrole nitrogens is 1. The van der Waals surface area contributed by atoms with Crippen LogP contribution in [0, 0.1) is 5.41 Å². The Morgan fingerprint density at radius 3 is 2.74 bits per heavy atom. The maximum Gasteiger partial charge on any atom is 0.330 e. The lowest BCUT2D eigenvalue weighted by molar-refractivity contribution is -0.119. The van der Waals surface area contributed by atoms with E-state index in [9.17, 15) is 24.1 Å². The molecule has 2 heterocycles. The van der Waals surface area contributed by atoms with Crippen molar-refractivity contribution in [1.29, 1.82) is 0 Å². The van der Waals surface area contributed by atoms with Crippen molar-refractivity contribution >= 4 is 36.7 Å². The van der Waals surface area contributed by atoms with Gasteiger partial charge in [0.2, 0.25) is 0 Å². The zero-order valence-corrected chi connectivity index (χ0v) is 19.8. The van der Waals surface area contributed by atoms with Crippen LogP contribution in [-0.4, -0.2) is 67.5 Å². The fourth-order valence-corrected chi connectivity index (χ4v) is 4.58. The lowest BCUT2D eigenvalue weighted by Gasteiger charge is -2.26. The van der Waals surface area contributed by atoms with Gasteiger partial charge in [0.15, 0.2) is 11.3 Å². The van der Waals surface area contributed by atoms with E-state index in [1.165, 1.54) is 13.1 Å². The Kier molecular flexibility index (Phi) is 9.12. The number of aliphatic hydroxyl groups excluding tert-OH is 2. The van der Waals surface area contributed by atoms with Crippen LogP contribution in [0.5, 0.6) is 0 Å². The van der Waals surface area contributed by atoms with Crippen LogP contribution in [0.15, 0.2) is 21.9 Å². The predicted octanol–water partition coefficient (Wildman–Crippen LogP) is 0.494. The first kappa shape index (κ1) is 26.3. The number of nitrogens with zero attached hydrogens (tertiary/aromatic N) is 1. The number of carbonyl (C=O) groups is 1. The summed E-state index contributed by atoms with van der Waals surface area (Å²) >= 11 is 7.34. The van der Waals surface area contributed by atoms with Gasteiger partial charge in [-0.2, -0.15) is 0 Å². The summed E-state index contributed by atoms with van der Waals surface area (Å²) in [4.78, 5) is 35.8. The molecule has 14 heteroatoms. The summed E-state index contributed by atoms with van der Waals surface area (Å²) in [6, 6.07) is 1.12. The molecule has 1 fully saturated rings. The standard InChI is InChI=1S/C17H26ClN2O9PS/c1-16(2,9-21)14(24)31-7-6-27-30(26)28-8-10-12(23)17(3,18)13(29-10)20-5-4-11(22)19-15(20)25/h4-5,10,12-13,21,23,30H,6-9H2,1-3H3,(H,19,22,25)/t10-,12-,13-,17-/m1/s1. The number of ether oxygens (including phenoxy) is 1. The van der Waals surface area contributed by atoms with Crippen molar-refractivity contribution in [3.63, 3.8) is 0 Å². The number of halogens is 1. The number of hydrogen-bond acceptors (Lipinski definition) is 10. The Labute approximate surface area is 188 Å². The summed E-state index contributed by atoms with van der Waals surface area (Å²) in [6.07, 6.45) is -2.19. The molecule has 5 atom stereocenters. The summed E-state index contributed by atoms with van der Waals surface area (Å²) in [7, 11) is -2.94. The molecule has 0 bridgehead atoms. The highest BCUT2D eigenvalue weighted by Gasteiger charge is 2.53. The van der Waals surface area contributed by atoms with Gasteiger partial charge in [0.25, 0.3) is 5.56 Å². The summed E-state index contributed by atoms with van der Waals surface area (Å²) < 4.78 is 28.8. The van der Waals surface area contributed by atoms with E-state index in [1.807, 2.05) is 0 Å². The van der Waals surface area contributed by atoms with Crippen LogP contribution in [0.25, 0.3) is 0 Å². The Morgan fingerprint density at radius 1 is 1.45 bits per heavy atom. The Hall–Kier alpha value is -0.980. The van der Waals surface area contributed by atoms with Gasteiger partial charge in [0, 0.05) is 18.0 Å². The van der Waals surface area contributed by atoms with E-state index in [0.717, 1.165) is 22.4 Å². The molecule has 31 heavy (non-hydrogen) atoms. The van der Waals surface area contributed by atoms with E-state index in [0.29, 0.717) is 0 Å². The molecule has 0 radical (unpaired) electrons. The molecule has 11 nitrogen and oxygen atoms in total. The number of thioether (sulfide) groups is 1. The van der Waals surface area contributed by atoms with Crippen molar-refractivity contribution < 1.29 is 33.4 Å². The van der Waals surface area contributed by atoms with Crippen LogP contribution >= 0.6 is 31.6 Å². The number of alkyl halides is 1. The zero-order valence-electron chi connectivity index (χ0n) is 17.2. The summed E-state index contributed by atoms with van der Waals surface area (Å²) in [5.41, 5.74) is -2.22. The third kappa shape index (κ3) is 6.52. The van der Waals surface area contributed by atoms with E-state index >= 15 is 0 Å². The molecule has 1 aliphatic rings. The molecule has 1 aliphatic heterocycles. The average molecular weight is 501 g/mol. The smallest absolute Gasteiger partial charge is 0.330 e. The summed E-state index contributed by atoms with van der Waals surface area (Å²) in [5, 5.41) is 19.4. The fourth-order valence-electron chi connectivity index (χ4n) is 2.67. The Morgan fingerprint density at radius 2 is 2.13 bits per heavy atom. The minimum absolute atomic E-state index is 0.0214. The maximum absolute atomic E-state index is 12.0. The van der Waals surface area contributed by atoms with Crippen LogP contribution in [-0.2, 0) is 23.1 Å². The molecule has 1 saturated heterocycles. The summed E-state index contributed by atoms with van der Waals surface area (Å²) in [6.45, 7) is 4.06. The van der Waals surface area contributed by atoms with Crippen LogP contribution in [0.3, 0.4) is 0 Å². The molecule has 1 aromatic rings. The Balaban J connectivity index is 1.85. The van der Waals surface area contributed by atoms with E-state index in [2.05, 4.69) is 4.98 Å². The molecule has 1 unspecified atom stereocenters. The molecule has 176 valence electrons.